The number of halogens is 2. The van der Waals surface area contributed by atoms with E-state index in [2.05, 4.69) is 15.5 Å². The van der Waals surface area contributed by atoms with Gasteiger partial charge >= 0.3 is 0 Å². The number of amides is 1. The molecule has 4 rings (SSSR count). The third kappa shape index (κ3) is 5.13. The fraction of sp³-hybridized carbons (Fsp3) is 0.136. The summed E-state index contributed by atoms with van der Waals surface area (Å²) in [6.45, 7) is 3.97. The van der Waals surface area contributed by atoms with E-state index in [4.69, 9.17) is 23.2 Å². The molecule has 2 aromatic heterocycles. The molecule has 158 valence electrons. The first-order valence-electron chi connectivity index (χ1n) is 9.36. The summed E-state index contributed by atoms with van der Waals surface area (Å²) in [6, 6.07) is 15.3. The maximum atomic E-state index is 12.2. The van der Waals surface area contributed by atoms with Crippen molar-refractivity contribution < 1.29 is 4.79 Å². The van der Waals surface area contributed by atoms with Crippen molar-refractivity contribution in [3.05, 3.63) is 75.5 Å². The molecular formula is C22H18Cl2N4OS2. The molecule has 31 heavy (non-hydrogen) atoms. The summed E-state index contributed by atoms with van der Waals surface area (Å²) in [5.41, 5.74) is 7.29. The summed E-state index contributed by atoms with van der Waals surface area (Å²) in [5, 5.41) is 5.26. The Morgan fingerprint density at radius 1 is 1.19 bits per heavy atom. The van der Waals surface area contributed by atoms with Crippen LogP contribution in [-0.2, 0) is 4.79 Å². The van der Waals surface area contributed by atoms with E-state index in [1.165, 1.54) is 11.8 Å². The Morgan fingerprint density at radius 3 is 2.68 bits per heavy atom. The zero-order valence-electron chi connectivity index (χ0n) is 16.7. The number of hydrogen-bond donors (Lipinski definition) is 1. The standard InChI is InChI=1S/C22H18Cl2N4OS2/c1-13-7-15(14(2)28(13)18-9-16(23)8-17(24)10-18)11-25-27-21(29)12-30-22-26-19-5-3-4-6-20(19)31-22/h3-11H,12H2,1-2H3,(H,27,29)/b25-11-. The number of benzene rings is 2. The summed E-state index contributed by atoms with van der Waals surface area (Å²) in [5.74, 6) is 0.0629. The number of carbonyl (C=O) groups is 1. The molecule has 2 aromatic carbocycles. The minimum Gasteiger partial charge on any atom is -0.318 e. The summed E-state index contributed by atoms with van der Waals surface area (Å²) in [7, 11) is 0. The molecule has 0 spiro atoms. The number of hydrazone groups is 1. The minimum atomic E-state index is -0.184. The van der Waals surface area contributed by atoms with Gasteiger partial charge in [0.25, 0.3) is 5.91 Å². The Morgan fingerprint density at radius 2 is 1.94 bits per heavy atom. The maximum absolute atomic E-state index is 12.2. The molecule has 0 aliphatic rings. The predicted octanol–water partition coefficient (Wildman–Crippen LogP) is 6.25. The van der Waals surface area contributed by atoms with Crippen molar-refractivity contribution in [1.82, 2.24) is 15.0 Å². The highest BCUT2D eigenvalue weighted by Crippen LogP contribution is 2.29. The third-order valence-corrected chi connectivity index (χ3v) is 7.19. The van der Waals surface area contributed by atoms with Crippen LogP contribution >= 0.6 is 46.3 Å². The SMILES string of the molecule is Cc1cc(/C=N\NC(=O)CSc2nc3ccccc3s2)c(C)n1-c1cc(Cl)cc(Cl)c1. The van der Waals surface area contributed by atoms with E-state index in [9.17, 15) is 4.79 Å². The van der Waals surface area contributed by atoms with Gasteiger partial charge in [0.05, 0.1) is 22.2 Å². The van der Waals surface area contributed by atoms with Gasteiger partial charge in [-0.15, -0.1) is 11.3 Å². The lowest BCUT2D eigenvalue weighted by Gasteiger charge is -2.10. The minimum absolute atomic E-state index is 0.184. The Kier molecular flexibility index (Phi) is 6.67. The number of para-hydroxylation sites is 1. The Labute approximate surface area is 198 Å². The monoisotopic (exact) mass is 488 g/mol. The van der Waals surface area contributed by atoms with Crippen molar-refractivity contribution in [2.45, 2.75) is 18.2 Å². The Bertz CT molecular complexity index is 1240. The van der Waals surface area contributed by atoms with Gasteiger partial charge in [0.1, 0.15) is 0 Å². The highest BCUT2D eigenvalue weighted by Gasteiger charge is 2.11. The van der Waals surface area contributed by atoms with E-state index in [1.807, 2.05) is 60.9 Å². The molecule has 0 fully saturated rings. The average molecular weight is 489 g/mol. The van der Waals surface area contributed by atoms with Crippen LogP contribution in [-0.4, -0.2) is 27.4 Å². The number of nitrogens with zero attached hydrogens (tertiary/aromatic N) is 3. The van der Waals surface area contributed by atoms with Crippen LogP contribution in [0, 0.1) is 13.8 Å². The van der Waals surface area contributed by atoms with Crippen molar-refractivity contribution in [1.29, 1.82) is 0 Å². The maximum Gasteiger partial charge on any atom is 0.250 e. The van der Waals surface area contributed by atoms with Crippen LogP contribution in [0.1, 0.15) is 17.0 Å². The summed E-state index contributed by atoms with van der Waals surface area (Å²) >= 11 is 15.3. The normalized spacial score (nSPS) is 11.5. The largest absolute Gasteiger partial charge is 0.318 e. The quantitative estimate of drug-likeness (QED) is 0.198. The smallest absolute Gasteiger partial charge is 0.250 e. The molecule has 0 aliphatic heterocycles. The summed E-state index contributed by atoms with van der Waals surface area (Å²) in [6.07, 6.45) is 1.64. The number of aryl methyl sites for hydroxylation is 1. The van der Waals surface area contributed by atoms with Gasteiger partial charge in [-0.2, -0.15) is 5.10 Å². The second-order valence-corrected chi connectivity index (χ2v) is 9.94. The van der Waals surface area contributed by atoms with Gasteiger partial charge in [-0.05, 0) is 50.2 Å². The summed E-state index contributed by atoms with van der Waals surface area (Å²) < 4.78 is 4.02. The van der Waals surface area contributed by atoms with Gasteiger partial charge in [0.15, 0.2) is 4.34 Å². The van der Waals surface area contributed by atoms with Crippen LogP contribution in [0.2, 0.25) is 10.0 Å². The first kappa shape index (κ1) is 21.9. The van der Waals surface area contributed by atoms with Crippen molar-refractivity contribution >= 4 is 68.6 Å². The number of nitrogens with one attached hydrogen (secondary N) is 1. The molecule has 0 bridgehead atoms. The second kappa shape index (κ2) is 9.44. The van der Waals surface area contributed by atoms with Crippen molar-refractivity contribution in [2.24, 2.45) is 5.10 Å². The van der Waals surface area contributed by atoms with E-state index >= 15 is 0 Å². The Balaban J connectivity index is 1.40. The van der Waals surface area contributed by atoms with Crippen molar-refractivity contribution in [2.75, 3.05) is 5.75 Å². The second-order valence-electron chi connectivity index (χ2n) is 6.82. The van der Waals surface area contributed by atoms with Gasteiger partial charge in [-0.1, -0.05) is 47.1 Å². The fourth-order valence-corrected chi connectivity index (χ4v) is 5.61. The van der Waals surface area contributed by atoms with Crippen LogP contribution in [0.5, 0.6) is 0 Å². The molecule has 4 aromatic rings. The summed E-state index contributed by atoms with van der Waals surface area (Å²) in [4.78, 5) is 16.7. The lowest BCUT2D eigenvalue weighted by molar-refractivity contribution is -0.118. The molecule has 0 atom stereocenters. The Hall–Kier alpha value is -2.32. The van der Waals surface area contributed by atoms with E-state index in [-0.39, 0.29) is 11.7 Å². The number of thioether (sulfide) groups is 1. The highest BCUT2D eigenvalue weighted by molar-refractivity contribution is 8.01. The molecule has 0 aliphatic carbocycles. The molecule has 9 heteroatoms. The van der Waals surface area contributed by atoms with Crippen LogP contribution in [0.25, 0.3) is 15.9 Å². The van der Waals surface area contributed by atoms with Crippen LogP contribution in [0.4, 0.5) is 0 Å². The number of rotatable bonds is 6. The lowest BCUT2D eigenvalue weighted by atomic mass is 10.2. The highest BCUT2D eigenvalue weighted by atomic mass is 35.5. The van der Waals surface area contributed by atoms with Gasteiger partial charge < -0.3 is 4.57 Å². The molecule has 0 unspecified atom stereocenters. The molecule has 0 saturated heterocycles. The fourth-order valence-electron chi connectivity index (χ4n) is 3.23. The van der Waals surface area contributed by atoms with Crippen molar-refractivity contribution in [3.63, 3.8) is 0 Å². The van der Waals surface area contributed by atoms with Gasteiger partial charge in [0.2, 0.25) is 0 Å². The zero-order chi connectivity index (χ0) is 22.0. The van der Waals surface area contributed by atoms with Gasteiger partial charge in [-0.3, -0.25) is 4.79 Å². The van der Waals surface area contributed by atoms with E-state index in [1.54, 1.807) is 23.6 Å². The van der Waals surface area contributed by atoms with E-state index in [0.29, 0.717) is 10.0 Å². The first-order chi connectivity index (χ1) is 14.9. The van der Waals surface area contributed by atoms with Gasteiger partial charge in [0, 0.05) is 32.7 Å². The van der Waals surface area contributed by atoms with E-state index in [0.717, 1.165) is 37.2 Å². The topological polar surface area (TPSA) is 59.3 Å². The van der Waals surface area contributed by atoms with Gasteiger partial charge in [-0.25, -0.2) is 10.4 Å². The molecular weight excluding hydrogens is 471 g/mol. The third-order valence-electron chi connectivity index (χ3n) is 4.57. The number of fused-ring (bicyclic) bond motifs is 1. The number of aromatic nitrogens is 2. The molecule has 1 amide bonds. The van der Waals surface area contributed by atoms with Crippen LogP contribution in [0.15, 0.2) is 58.0 Å². The lowest BCUT2D eigenvalue weighted by Crippen LogP contribution is -2.19. The molecule has 0 radical (unpaired) electrons. The number of hydrogen-bond acceptors (Lipinski definition) is 5. The zero-order valence-corrected chi connectivity index (χ0v) is 19.9. The predicted molar refractivity (Wildman–Crippen MR) is 131 cm³/mol. The van der Waals surface area contributed by atoms with Crippen LogP contribution < -0.4 is 5.43 Å². The number of carbonyl (C=O) groups excluding carboxylic acids is 1. The number of thiazole rings is 1. The molecule has 1 N–H and O–H groups in total. The molecule has 0 saturated carbocycles. The molecule has 2 heterocycles. The van der Waals surface area contributed by atoms with E-state index < -0.39 is 0 Å². The van der Waals surface area contributed by atoms with Crippen LogP contribution in [0.3, 0.4) is 0 Å². The first-order valence-corrected chi connectivity index (χ1v) is 11.9. The average Bonchev–Trinajstić information content (AvgIpc) is 3.25. The van der Waals surface area contributed by atoms with Crippen molar-refractivity contribution in [3.8, 4) is 5.69 Å². The molecule has 5 nitrogen and oxygen atoms in total.